The van der Waals surface area contributed by atoms with Gasteiger partial charge < -0.3 is 14.8 Å². The number of hydrogen-bond donors (Lipinski definition) is 1. The normalized spacial score (nSPS) is 10.3. The summed E-state index contributed by atoms with van der Waals surface area (Å²) in [5, 5.41) is 3.38. The molecular weight excluding hydrogens is 466 g/mol. The molecule has 0 unspecified atom stereocenters. The van der Waals surface area contributed by atoms with Crippen LogP contribution in [0.4, 0.5) is 5.69 Å². The predicted molar refractivity (Wildman–Crippen MR) is 96.4 cm³/mol. The highest BCUT2D eigenvalue weighted by Crippen LogP contribution is 2.35. The fourth-order valence-corrected chi connectivity index (χ4v) is 3.60. The van der Waals surface area contributed by atoms with Gasteiger partial charge in [-0.15, -0.1) is 0 Å². The van der Waals surface area contributed by atoms with E-state index in [1.807, 2.05) is 30.3 Å². The minimum absolute atomic E-state index is 0.645. The molecule has 3 nitrogen and oxygen atoms in total. The van der Waals surface area contributed by atoms with Crippen molar-refractivity contribution in [3.05, 3.63) is 49.3 Å². The summed E-state index contributed by atoms with van der Waals surface area (Å²) in [4.78, 5) is 0. The molecule has 21 heavy (non-hydrogen) atoms. The second-order valence-electron chi connectivity index (χ2n) is 4.28. The highest BCUT2D eigenvalue weighted by molar-refractivity contribution is 9.11. The first kappa shape index (κ1) is 16.6. The van der Waals surface area contributed by atoms with Crippen LogP contribution in [-0.2, 0) is 6.54 Å². The van der Waals surface area contributed by atoms with Crippen LogP contribution in [0.2, 0.25) is 0 Å². The van der Waals surface area contributed by atoms with Gasteiger partial charge in [0.25, 0.3) is 0 Å². The van der Waals surface area contributed by atoms with Crippen molar-refractivity contribution in [1.82, 2.24) is 0 Å². The Kier molecular flexibility index (Phi) is 5.96. The van der Waals surface area contributed by atoms with Gasteiger partial charge in [-0.25, -0.2) is 0 Å². The Hall–Kier alpha value is -0.720. The second kappa shape index (κ2) is 7.51. The van der Waals surface area contributed by atoms with Crippen molar-refractivity contribution < 1.29 is 9.47 Å². The third kappa shape index (κ3) is 4.14. The lowest BCUT2D eigenvalue weighted by atomic mass is 10.2. The highest BCUT2D eigenvalue weighted by Gasteiger charge is 2.09. The number of benzene rings is 2. The third-order valence-corrected chi connectivity index (χ3v) is 4.72. The lowest BCUT2D eigenvalue weighted by Gasteiger charge is -2.14. The molecule has 0 fully saturated rings. The molecule has 0 aliphatic carbocycles. The molecule has 6 heteroatoms. The van der Waals surface area contributed by atoms with Crippen LogP contribution in [0.25, 0.3) is 0 Å². The van der Waals surface area contributed by atoms with Crippen LogP contribution in [0, 0.1) is 0 Å². The first-order valence-electron chi connectivity index (χ1n) is 6.14. The summed E-state index contributed by atoms with van der Waals surface area (Å²) >= 11 is 10.5. The Bertz CT molecular complexity index is 647. The maximum atomic E-state index is 5.38. The zero-order chi connectivity index (χ0) is 15.4. The largest absolute Gasteiger partial charge is 0.496 e. The molecule has 0 atom stereocenters. The molecule has 2 rings (SSSR count). The number of halogens is 3. The smallest absolute Gasteiger partial charge is 0.135 e. The number of rotatable bonds is 5. The number of ether oxygens (including phenoxy) is 2. The third-order valence-electron chi connectivity index (χ3n) is 2.95. The molecule has 0 saturated carbocycles. The van der Waals surface area contributed by atoms with Gasteiger partial charge >= 0.3 is 0 Å². The fraction of sp³-hybridized carbons (Fsp3) is 0.200. The SMILES string of the molecule is COc1cc(NCc2cc(Br)ccc2OC)c(Br)cc1Br. The predicted octanol–water partition coefficient (Wildman–Crippen LogP) is 5.60. The Morgan fingerprint density at radius 2 is 1.62 bits per heavy atom. The Balaban J connectivity index is 2.22. The second-order valence-corrected chi connectivity index (χ2v) is 6.90. The summed E-state index contributed by atoms with van der Waals surface area (Å²) < 4.78 is 13.6. The van der Waals surface area contributed by atoms with Crippen LogP contribution in [0.3, 0.4) is 0 Å². The number of methoxy groups -OCH3 is 2. The highest BCUT2D eigenvalue weighted by atomic mass is 79.9. The topological polar surface area (TPSA) is 30.5 Å². The molecule has 0 spiro atoms. The van der Waals surface area contributed by atoms with Gasteiger partial charge in [0, 0.05) is 27.1 Å². The van der Waals surface area contributed by atoms with E-state index in [-0.39, 0.29) is 0 Å². The molecule has 0 radical (unpaired) electrons. The lowest BCUT2D eigenvalue weighted by molar-refractivity contribution is 0.410. The van der Waals surface area contributed by atoms with E-state index >= 15 is 0 Å². The zero-order valence-electron chi connectivity index (χ0n) is 11.5. The van der Waals surface area contributed by atoms with E-state index in [9.17, 15) is 0 Å². The first-order valence-corrected chi connectivity index (χ1v) is 8.52. The van der Waals surface area contributed by atoms with Crippen molar-refractivity contribution in [3.63, 3.8) is 0 Å². The average Bonchev–Trinajstić information content (AvgIpc) is 2.46. The number of hydrogen-bond acceptors (Lipinski definition) is 3. The molecular formula is C15H14Br3NO2. The number of nitrogens with one attached hydrogen (secondary N) is 1. The van der Waals surface area contributed by atoms with Gasteiger partial charge in [-0.3, -0.25) is 0 Å². The molecule has 0 aliphatic rings. The van der Waals surface area contributed by atoms with Crippen LogP contribution >= 0.6 is 47.8 Å². The van der Waals surface area contributed by atoms with Crippen LogP contribution in [0.15, 0.2) is 43.7 Å². The molecule has 0 aliphatic heterocycles. The Morgan fingerprint density at radius 3 is 2.29 bits per heavy atom. The van der Waals surface area contributed by atoms with E-state index in [4.69, 9.17) is 9.47 Å². The lowest BCUT2D eigenvalue weighted by Crippen LogP contribution is -2.03. The Labute approximate surface area is 149 Å². The van der Waals surface area contributed by atoms with E-state index in [1.165, 1.54) is 0 Å². The van der Waals surface area contributed by atoms with Gasteiger partial charge in [0.2, 0.25) is 0 Å². The molecule has 0 saturated heterocycles. The van der Waals surface area contributed by atoms with Gasteiger partial charge in [0.05, 0.1) is 24.4 Å². The summed E-state index contributed by atoms with van der Waals surface area (Å²) in [7, 11) is 3.32. The standard InChI is InChI=1S/C15H14Br3NO2/c1-20-14-4-3-10(16)5-9(14)8-19-13-7-15(21-2)12(18)6-11(13)17/h3-7,19H,8H2,1-2H3. The fourth-order valence-electron chi connectivity index (χ4n) is 1.90. The van der Waals surface area contributed by atoms with Crippen molar-refractivity contribution in [2.45, 2.75) is 6.54 Å². The summed E-state index contributed by atoms with van der Waals surface area (Å²) in [6.45, 7) is 0.645. The van der Waals surface area contributed by atoms with E-state index in [1.54, 1.807) is 14.2 Å². The zero-order valence-corrected chi connectivity index (χ0v) is 16.3. The van der Waals surface area contributed by atoms with E-state index in [0.717, 1.165) is 36.2 Å². The Morgan fingerprint density at radius 1 is 0.905 bits per heavy atom. The summed E-state index contributed by atoms with van der Waals surface area (Å²) in [5.74, 6) is 1.63. The minimum Gasteiger partial charge on any atom is -0.496 e. The molecule has 112 valence electrons. The van der Waals surface area contributed by atoms with Crippen LogP contribution in [0.1, 0.15) is 5.56 Å². The number of anilines is 1. The monoisotopic (exact) mass is 477 g/mol. The van der Waals surface area contributed by atoms with E-state index in [0.29, 0.717) is 6.54 Å². The van der Waals surface area contributed by atoms with Crippen molar-refractivity contribution in [2.24, 2.45) is 0 Å². The molecule has 0 aromatic heterocycles. The summed E-state index contributed by atoms with van der Waals surface area (Å²) in [5.41, 5.74) is 2.03. The van der Waals surface area contributed by atoms with Gasteiger partial charge in [0.1, 0.15) is 11.5 Å². The minimum atomic E-state index is 0.645. The van der Waals surface area contributed by atoms with Gasteiger partial charge in [-0.2, -0.15) is 0 Å². The van der Waals surface area contributed by atoms with Crippen LogP contribution in [-0.4, -0.2) is 14.2 Å². The molecule has 2 aromatic carbocycles. The van der Waals surface area contributed by atoms with Crippen molar-refractivity contribution >= 4 is 53.5 Å². The van der Waals surface area contributed by atoms with E-state index in [2.05, 4.69) is 53.1 Å². The van der Waals surface area contributed by atoms with Crippen molar-refractivity contribution in [2.75, 3.05) is 19.5 Å². The van der Waals surface area contributed by atoms with Gasteiger partial charge in [-0.05, 0) is 56.1 Å². The molecule has 2 aromatic rings. The molecule has 1 N–H and O–H groups in total. The molecule has 0 amide bonds. The van der Waals surface area contributed by atoms with E-state index < -0.39 is 0 Å². The quantitative estimate of drug-likeness (QED) is 0.605. The van der Waals surface area contributed by atoms with Crippen molar-refractivity contribution in [1.29, 1.82) is 0 Å². The maximum Gasteiger partial charge on any atom is 0.135 e. The van der Waals surface area contributed by atoms with Crippen molar-refractivity contribution in [3.8, 4) is 11.5 Å². The van der Waals surface area contributed by atoms with Gasteiger partial charge in [-0.1, -0.05) is 15.9 Å². The maximum absolute atomic E-state index is 5.38. The molecule has 0 heterocycles. The van der Waals surface area contributed by atoms with Crippen LogP contribution < -0.4 is 14.8 Å². The average molecular weight is 480 g/mol. The molecule has 0 bridgehead atoms. The van der Waals surface area contributed by atoms with Gasteiger partial charge in [0.15, 0.2) is 0 Å². The van der Waals surface area contributed by atoms with Crippen LogP contribution in [0.5, 0.6) is 11.5 Å². The summed E-state index contributed by atoms with van der Waals surface area (Å²) in [6, 6.07) is 9.84. The summed E-state index contributed by atoms with van der Waals surface area (Å²) in [6.07, 6.45) is 0. The first-order chi connectivity index (χ1) is 10.0.